The minimum Gasteiger partial charge on any atom is -0.444 e. The Kier molecular flexibility index (Phi) is 3.59. The first-order chi connectivity index (χ1) is 8.19. The molecule has 0 fully saturated rings. The first-order valence-corrected chi connectivity index (χ1v) is 5.93. The summed E-state index contributed by atoms with van der Waals surface area (Å²) in [5.74, 6) is 0.699. The third kappa shape index (κ3) is 2.94. The summed E-state index contributed by atoms with van der Waals surface area (Å²) in [5.41, 5.74) is 4.45. The molecular formula is C14H18N2O. The Morgan fingerprint density at radius 2 is 1.88 bits per heavy atom. The van der Waals surface area contributed by atoms with E-state index in [9.17, 15) is 0 Å². The first-order valence-electron chi connectivity index (χ1n) is 5.93. The van der Waals surface area contributed by atoms with Crippen molar-refractivity contribution >= 4 is 0 Å². The van der Waals surface area contributed by atoms with Gasteiger partial charge in [-0.15, -0.1) is 0 Å². The van der Waals surface area contributed by atoms with Crippen LogP contribution in [0.3, 0.4) is 0 Å². The van der Waals surface area contributed by atoms with Crippen molar-refractivity contribution in [3.8, 4) is 11.5 Å². The molecule has 3 nitrogen and oxygen atoms in total. The van der Waals surface area contributed by atoms with E-state index in [1.165, 1.54) is 11.1 Å². The molecule has 0 aliphatic carbocycles. The van der Waals surface area contributed by atoms with Crippen molar-refractivity contribution in [1.29, 1.82) is 0 Å². The van der Waals surface area contributed by atoms with Gasteiger partial charge in [0.1, 0.15) is 6.26 Å². The van der Waals surface area contributed by atoms with Crippen LogP contribution in [-0.2, 0) is 6.54 Å². The van der Waals surface area contributed by atoms with Crippen molar-refractivity contribution in [1.82, 2.24) is 10.3 Å². The number of aromatic nitrogens is 1. The zero-order chi connectivity index (χ0) is 12.3. The molecule has 90 valence electrons. The third-order valence-electron chi connectivity index (χ3n) is 2.58. The molecule has 0 saturated carbocycles. The average Bonchev–Trinajstić information content (AvgIpc) is 2.73. The zero-order valence-electron chi connectivity index (χ0n) is 10.6. The van der Waals surface area contributed by atoms with Crippen LogP contribution in [0.15, 0.2) is 28.9 Å². The molecule has 0 aliphatic rings. The molecule has 0 aliphatic heterocycles. The van der Waals surface area contributed by atoms with Gasteiger partial charge in [-0.05, 0) is 32.5 Å². The summed E-state index contributed by atoms with van der Waals surface area (Å²) < 4.78 is 5.51. The molecule has 1 N–H and O–H groups in total. The second-order valence-corrected chi connectivity index (χ2v) is 4.30. The van der Waals surface area contributed by atoms with Crippen LogP contribution >= 0.6 is 0 Å². The smallest absolute Gasteiger partial charge is 0.226 e. The van der Waals surface area contributed by atoms with E-state index in [2.05, 4.69) is 49.3 Å². The molecule has 17 heavy (non-hydrogen) atoms. The van der Waals surface area contributed by atoms with Gasteiger partial charge in [0.25, 0.3) is 0 Å². The number of benzene rings is 1. The van der Waals surface area contributed by atoms with Gasteiger partial charge in [-0.1, -0.05) is 24.1 Å². The van der Waals surface area contributed by atoms with E-state index in [-0.39, 0.29) is 0 Å². The minimum absolute atomic E-state index is 0.699. The predicted octanol–water partition coefficient (Wildman–Crippen LogP) is 3.07. The molecule has 1 heterocycles. The van der Waals surface area contributed by atoms with E-state index in [1.54, 1.807) is 6.26 Å². The van der Waals surface area contributed by atoms with E-state index in [1.807, 2.05) is 0 Å². The van der Waals surface area contributed by atoms with Gasteiger partial charge in [0.2, 0.25) is 5.89 Å². The standard InChI is InChI=1S/C14H18N2O/c1-4-15-8-13-9-17-14(16-13)12-6-10(2)5-11(3)7-12/h5-7,9,15H,4,8H2,1-3H3. The summed E-state index contributed by atoms with van der Waals surface area (Å²) in [5, 5.41) is 3.23. The van der Waals surface area contributed by atoms with E-state index in [4.69, 9.17) is 4.42 Å². The molecule has 1 aromatic carbocycles. The topological polar surface area (TPSA) is 38.1 Å². The molecule has 0 atom stereocenters. The Morgan fingerprint density at radius 3 is 2.53 bits per heavy atom. The molecule has 0 unspecified atom stereocenters. The molecule has 2 aromatic rings. The van der Waals surface area contributed by atoms with Gasteiger partial charge in [-0.3, -0.25) is 0 Å². The lowest BCUT2D eigenvalue weighted by molar-refractivity contribution is 0.570. The van der Waals surface area contributed by atoms with E-state index < -0.39 is 0 Å². The SMILES string of the molecule is CCNCc1coc(-c2cc(C)cc(C)c2)n1. The lowest BCUT2D eigenvalue weighted by Crippen LogP contribution is -2.11. The van der Waals surface area contributed by atoms with Crippen molar-refractivity contribution in [2.45, 2.75) is 27.3 Å². The molecule has 2 rings (SSSR count). The first kappa shape index (κ1) is 11.9. The fourth-order valence-corrected chi connectivity index (χ4v) is 1.87. The molecule has 3 heteroatoms. The number of rotatable bonds is 4. The number of hydrogen-bond acceptors (Lipinski definition) is 3. The van der Waals surface area contributed by atoms with Crippen molar-refractivity contribution in [3.05, 3.63) is 41.3 Å². The Morgan fingerprint density at radius 1 is 1.18 bits per heavy atom. The fraction of sp³-hybridized carbons (Fsp3) is 0.357. The maximum atomic E-state index is 5.51. The van der Waals surface area contributed by atoms with Gasteiger partial charge in [0.05, 0.1) is 5.69 Å². The highest BCUT2D eigenvalue weighted by atomic mass is 16.3. The number of nitrogens with zero attached hydrogens (tertiary/aromatic N) is 1. The van der Waals surface area contributed by atoms with Crippen molar-refractivity contribution < 1.29 is 4.42 Å². The van der Waals surface area contributed by atoms with Crippen LogP contribution in [0.1, 0.15) is 23.7 Å². The lowest BCUT2D eigenvalue weighted by Gasteiger charge is -2.00. The normalized spacial score (nSPS) is 10.8. The largest absolute Gasteiger partial charge is 0.444 e. The molecule has 0 spiro atoms. The van der Waals surface area contributed by atoms with E-state index in [0.717, 1.165) is 24.3 Å². The van der Waals surface area contributed by atoms with Gasteiger partial charge in [-0.25, -0.2) is 4.98 Å². The van der Waals surface area contributed by atoms with Crippen LogP contribution in [0.4, 0.5) is 0 Å². The zero-order valence-corrected chi connectivity index (χ0v) is 10.6. The van der Waals surface area contributed by atoms with Crippen LogP contribution in [0.5, 0.6) is 0 Å². The summed E-state index contributed by atoms with van der Waals surface area (Å²) in [6.07, 6.45) is 1.72. The molecule has 0 amide bonds. The van der Waals surface area contributed by atoms with Crippen molar-refractivity contribution in [2.75, 3.05) is 6.54 Å². The molecule has 0 bridgehead atoms. The fourth-order valence-electron chi connectivity index (χ4n) is 1.87. The van der Waals surface area contributed by atoms with Crippen molar-refractivity contribution in [2.24, 2.45) is 0 Å². The number of aryl methyl sites for hydroxylation is 2. The maximum absolute atomic E-state index is 5.51. The van der Waals surface area contributed by atoms with Gasteiger partial charge in [0, 0.05) is 12.1 Å². The molecule has 0 saturated heterocycles. The Hall–Kier alpha value is -1.61. The Balaban J connectivity index is 2.24. The summed E-state index contributed by atoms with van der Waals surface area (Å²) in [6, 6.07) is 6.33. The third-order valence-corrected chi connectivity index (χ3v) is 2.58. The highest BCUT2D eigenvalue weighted by Crippen LogP contribution is 2.21. The molecular weight excluding hydrogens is 212 g/mol. The van der Waals surface area contributed by atoms with Crippen LogP contribution in [0.2, 0.25) is 0 Å². The second-order valence-electron chi connectivity index (χ2n) is 4.30. The average molecular weight is 230 g/mol. The number of oxazole rings is 1. The van der Waals surface area contributed by atoms with Gasteiger partial charge in [0.15, 0.2) is 0 Å². The second kappa shape index (κ2) is 5.15. The quantitative estimate of drug-likeness (QED) is 0.877. The Bertz CT molecular complexity index is 482. The number of nitrogens with one attached hydrogen (secondary N) is 1. The van der Waals surface area contributed by atoms with Gasteiger partial charge >= 0.3 is 0 Å². The summed E-state index contributed by atoms with van der Waals surface area (Å²) >= 11 is 0. The highest BCUT2D eigenvalue weighted by Gasteiger charge is 2.07. The number of hydrogen-bond donors (Lipinski definition) is 1. The summed E-state index contributed by atoms with van der Waals surface area (Å²) in [7, 11) is 0. The van der Waals surface area contributed by atoms with E-state index >= 15 is 0 Å². The maximum Gasteiger partial charge on any atom is 0.226 e. The van der Waals surface area contributed by atoms with E-state index in [0.29, 0.717) is 5.89 Å². The van der Waals surface area contributed by atoms with Crippen LogP contribution in [-0.4, -0.2) is 11.5 Å². The molecule has 1 aromatic heterocycles. The minimum atomic E-state index is 0.699. The van der Waals surface area contributed by atoms with Crippen LogP contribution in [0.25, 0.3) is 11.5 Å². The summed E-state index contributed by atoms with van der Waals surface area (Å²) in [4.78, 5) is 4.47. The van der Waals surface area contributed by atoms with Crippen LogP contribution in [0, 0.1) is 13.8 Å². The van der Waals surface area contributed by atoms with Gasteiger partial charge < -0.3 is 9.73 Å². The lowest BCUT2D eigenvalue weighted by atomic mass is 10.1. The highest BCUT2D eigenvalue weighted by molar-refractivity contribution is 5.56. The van der Waals surface area contributed by atoms with Gasteiger partial charge in [-0.2, -0.15) is 0 Å². The predicted molar refractivity (Wildman–Crippen MR) is 68.8 cm³/mol. The van der Waals surface area contributed by atoms with Crippen molar-refractivity contribution in [3.63, 3.8) is 0 Å². The molecule has 0 radical (unpaired) electrons. The monoisotopic (exact) mass is 230 g/mol. The van der Waals surface area contributed by atoms with Crippen LogP contribution < -0.4 is 5.32 Å². The summed E-state index contributed by atoms with van der Waals surface area (Å²) in [6.45, 7) is 7.93. The Labute approximate surface area is 102 Å².